The molecule has 0 saturated heterocycles. The smallest absolute Gasteiger partial charge is 0.407 e. The van der Waals surface area contributed by atoms with Crippen LogP contribution in [0.1, 0.15) is 27.7 Å². The summed E-state index contributed by atoms with van der Waals surface area (Å²) in [5.74, 6) is -0.954. The Labute approximate surface area is 160 Å². The first-order valence-electron chi connectivity index (χ1n) is 8.55. The van der Waals surface area contributed by atoms with Crippen LogP contribution >= 0.6 is 0 Å². The summed E-state index contributed by atoms with van der Waals surface area (Å²) in [4.78, 5) is 34.1. The standard InChI is InChI=1S/C19H29NO7/c1-6-17(21)25-8-7-20-19(23)27-12-10-24-9-11-26-18(22)16(15(4)5)13-14(2)3/h6,13H,1,7-12H2,2-5H3,(H,20,23). The van der Waals surface area contributed by atoms with Crippen LogP contribution in [0.15, 0.2) is 35.5 Å². The molecule has 27 heavy (non-hydrogen) atoms. The molecule has 0 aromatic carbocycles. The van der Waals surface area contributed by atoms with Crippen molar-refractivity contribution in [1.29, 1.82) is 0 Å². The maximum atomic E-state index is 12.0. The van der Waals surface area contributed by atoms with E-state index in [4.69, 9.17) is 14.2 Å². The van der Waals surface area contributed by atoms with Crippen molar-refractivity contribution in [1.82, 2.24) is 5.32 Å². The van der Waals surface area contributed by atoms with E-state index >= 15 is 0 Å². The minimum atomic E-state index is -0.644. The molecule has 0 spiro atoms. The maximum absolute atomic E-state index is 12.0. The summed E-state index contributed by atoms with van der Waals surface area (Å²) in [7, 11) is 0. The van der Waals surface area contributed by atoms with Crippen LogP contribution in [0.3, 0.4) is 0 Å². The van der Waals surface area contributed by atoms with Crippen LogP contribution in [-0.2, 0) is 28.5 Å². The summed E-state index contributed by atoms with van der Waals surface area (Å²) in [5.41, 5.74) is 2.42. The van der Waals surface area contributed by atoms with Gasteiger partial charge in [-0.15, -0.1) is 0 Å². The number of carbonyl (C=O) groups is 3. The zero-order valence-electron chi connectivity index (χ0n) is 16.5. The molecule has 0 saturated carbocycles. The third-order valence-electron chi connectivity index (χ3n) is 2.90. The number of carbonyl (C=O) groups excluding carboxylic acids is 3. The third kappa shape index (κ3) is 13.3. The lowest BCUT2D eigenvalue weighted by molar-refractivity contribution is -0.140. The fourth-order valence-corrected chi connectivity index (χ4v) is 1.68. The number of amides is 1. The van der Waals surface area contributed by atoms with Gasteiger partial charge in [0.15, 0.2) is 0 Å². The van der Waals surface area contributed by atoms with Gasteiger partial charge in [0, 0.05) is 6.08 Å². The molecule has 0 heterocycles. The summed E-state index contributed by atoms with van der Waals surface area (Å²) in [5, 5.41) is 2.41. The second-order valence-corrected chi connectivity index (χ2v) is 5.82. The van der Waals surface area contributed by atoms with Crippen LogP contribution in [0.2, 0.25) is 0 Å². The highest BCUT2D eigenvalue weighted by molar-refractivity contribution is 5.92. The molecule has 0 unspecified atom stereocenters. The van der Waals surface area contributed by atoms with Crippen molar-refractivity contribution in [2.24, 2.45) is 0 Å². The van der Waals surface area contributed by atoms with Crippen LogP contribution in [0, 0.1) is 0 Å². The highest BCUT2D eigenvalue weighted by Gasteiger charge is 2.10. The molecule has 8 nitrogen and oxygen atoms in total. The minimum absolute atomic E-state index is 0.0300. The topological polar surface area (TPSA) is 100 Å². The van der Waals surface area contributed by atoms with Crippen LogP contribution in [0.5, 0.6) is 0 Å². The van der Waals surface area contributed by atoms with Crippen molar-refractivity contribution >= 4 is 18.0 Å². The molecule has 0 aromatic heterocycles. The van der Waals surface area contributed by atoms with Crippen molar-refractivity contribution in [3.63, 3.8) is 0 Å². The van der Waals surface area contributed by atoms with Crippen molar-refractivity contribution < 1.29 is 33.3 Å². The van der Waals surface area contributed by atoms with Gasteiger partial charge in [-0.05, 0) is 33.8 Å². The number of hydrogen-bond donors (Lipinski definition) is 1. The Morgan fingerprint density at radius 3 is 2.07 bits per heavy atom. The second kappa shape index (κ2) is 14.5. The van der Waals surface area contributed by atoms with Gasteiger partial charge in [-0.2, -0.15) is 0 Å². The van der Waals surface area contributed by atoms with Crippen LogP contribution in [-0.4, -0.2) is 57.6 Å². The Morgan fingerprint density at radius 1 is 0.889 bits per heavy atom. The fraction of sp³-hybridized carbons (Fsp3) is 0.526. The molecule has 1 N–H and O–H groups in total. The zero-order chi connectivity index (χ0) is 20.7. The first kappa shape index (κ1) is 24.4. The Balaban J connectivity index is 3.77. The van der Waals surface area contributed by atoms with E-state index in [9.17, 15) is 14.4 Å². The molecule has 0 aliphatic carbocycles. The van der Waals surface area contributed by atoms with E-state index in [0.717, 1.165) is 17.2 Å². The highest BCUT2D eigenvalue weighted by atomic mass is 16.6. The van der Waals surface area contributed by atoms with Gasteiger partial charge in [0.2, 0.25) is 0 Å². The fourth-order valence-electron chi connectivity index (χ4n) is 1.68. The van der Waals surface area contributed by atoms with Gasteiger partial charge in [-0.1, -0.05) is 17.7 Å². The lowest BCUT2D eigenvalue weighted by Crippen LogP contribution is -2.29. The molecule has 0 aliphatic heterocycles. The van der Waals surface area contributed by atoms with Crippen molar-refractivity contribution in [3.05, 3.63) is 35.5 Å². The normalized spacial score (nSPS) is 9.63. The van der Waals surface area contributed by atoms with E-state index in [0.29, 0.717) is 5.57 Å². The van der Waals surface area contributed by atoms with Crippen LogP contribution in [0.4, 0.5) is 4.79 Å². The van der Waals surface area contributed by atoms with E-state index < -0.39 is 18.0 Å². The number of hydrogen-bond acceptors (Lipinski definition) is 7. The van der Waals surface area contributed by atoms with Gasteiger partial charge in [-0.3, -0.25) is 0 Å². The van der Waals surface area contributed by atoms with Gasteiger partial charge < -0.3 is 24.3 Å². The number of alkyl carbamates (subject to hydrolysis) is 1. The molecule has 0 aromatic rings. The molecule has 1 amide bonds. The lowest BCUT2D eigenvalue weighted by Gasteiger charge is -2.09. The predicted molar refractivity (Wildman–Crippen MR) is 100 cm³/mol. The summed E-state index contributed by atoms with van der Waals surface area (Å²) in [6.45, 7) is 11.4. The number of ether oxygens (including phenoxy) is 4. The quantitative estimate of drug-likeness (QED) is 0.181. The van der Waals surface area contributed by atoms with Crippen LogP contribution < -0.4 is 5.32 Å². The van der Waals surface area contributed by atoms with E-state index in [1.54, 1.807) is 6.08 Å². The average molecular weight is 383 g/mol. The Hall–Kier alpha value is -2.61. The van der Waals surface area contributed by atoms with Crippen molar-refractivity contribution in [3.8, 4) is 0 Å². The van der Waals surface area contributed by atoms with Gasteiger partial charge in [0.25, 0.3) is 0 Å². The molecule has 0 rings (SSSR count). The van der Waals surface area contributed by atoms with Gasteiger partial charge in [-0.25, -0.2) is 14.4 Å². The summed E-state index contributed by atoms with van der Waals surface area (Å²) < 4.78 is 19.9. The largest absolute Gasteiger partial charge is 0.461 e. The SMILES string of the molecule is C=CC(=O)OCCNC(=O)OCCOCCOC(=O)C(C=C(C)C)=C(C)C. The molecule has 0 atom stereocenters. The number of nitrogens with one attached hydrogen (secondary N) is 1. The molecular weight excluding hydrogens is 354 g/mol. The highest BCUT2D eigenvalue weighted by Crippen LogP contribution is 2.10. The van der Waals surface area contributed by atoms with Crippen molar-refractivity contribution in [2.45, 2.75) is 27.7 Å². The van der Waals surface area contributed by atoms with E-state index in [1.165, 1.54) is 0 Å². The lowest BCUT2D eigenvalue weighted by atomic mass is 10.1. The number of allylic oxidation sites excluding steroid dienone is 2. The average Bonchev–Trinajstić information content (AvgIpc) is 2.61. The van der Waals surface area contributed by atoms with E-state index in [1.807, 2.05) is 27.7 Å². The predicted octanol–water partition coefficient (Wildman–Crippen LogP) is 2.30. The first-order chi connectivity index (χ1) is 12.8. The molecule has 152 valence electrons. The van der Waals surface area contributed by atoms with Crippen molar-refractivity contribution in [2.75, 3.05) is 39.6 Å². The molecule has 0 aliphatic rings. The second-order valence-electron chi connectivity index (χ2n) is 5.82. The summed E-state index contributed by atoms with van der Waals surface area (Å²) in [6, 6.07) is 0. The third-order valence-corrected chi connectivity index (χ3v) is 2.90. The number of esters is 2. The summed E-state index contributed by atoms with van der Waals surface area (Å²) >= 11 is 0. The van der Waals surface area contributed by atoms with Gasteiger partial charge >= 0.3 is 18.0 Å². The number of rotatable bonds is 12. The molecular formula is C19H29NO7. The summed E-state index contributed by atoms with van der Waals surface area (Å²) in [6.07, 6.45) is 2.17. The Kier molecular flexibility index (Phi) is 13.1. The molecule has 0 bridgehead atoms. The van der Waals surface area contributed by atoms with E-state index in [2.05, 4.69) is 16.6 Å². The Morgan fingerprint density at radius 2 is 1.52 bits per heavy atom. The molecule has 0 radical (unpaired) electrons. The Bertz CT molecular complexity index is 571. The monoisotopic (exact) mass is 383 g/mol. The molecule has 0 fully saturated rings. The van der Waals surface area contributed by atoms with Crippen LogP contribution in [0.25, 0.3) is 0 Å². The maximum Gasteiger partial charge on any atom is 0.407 e. The first-order valence-corrected chi connectivity index (χ1v) is 8.55. The van der Waals surface area contributed by atoms with Gasteiger partial charge in [0.1, 0.15) is 19.8 Å². The zero-order valence-corrected chi connectivity index (χ0v) is 16.5. The van der Waals surface area contributed by atoms with Gasteiger partial charge in [0.05, 0.1) is 25.3 Å². The van der Waals surface area contributed by atoms with E-state index in [-0.39, 0.29) is 39.6 Å². The minimum Gasteiger partial charge on any atom is -0.461 e. The molecule has 8 heteroatoms.